The summed E-state index contributed by atoms with van der Waals surface area (Å²) in [4.78, 5) is 0. The first kappa shape index (κ1) is 40.8. The third-order valence-corrected chi connectivity index (χ3v) is 11.9. The largest absolute Gasteiger partial charge is 0.489 e. The van der Waals surface area contributed by atoms with Crippen LogP contribution in [0.15, 0.2) is 202 Å². The Balaban J connectivity index is 0.866. The zero-order valence-corrected chi connectivity index (χ0v) is 35.9. The van der Waals surface area contributed by atoms with Gasteiger partial charge in [-0.15, -0.1) is 0 Å². The van der Waals surface area contributed by atoms with Crippen molar-refractivity contribution >= 4 is 90.7 Å². The molecule has 9 aromatic rings. The van der Waals surface area contributed by atoms with Gasteiger partial charge in [0.1, 0.15) is 24.7 Å². The maximum atomic E-state index is 6.47. The molecule has 0 bridgehead atoms. The van der Waals surface area contributed by atoms with Gasteiger partial charge in [-0.1, -0.05) is 143 Å². The Morgan fingerprint density at radius 3 is 0.919 bits per heavy atom. The summed E-state index contributed by atoms with van der Waals surface area (Å²) in [7, 11) is 0. The van der Waals surface area contributed by atoms with Crippen molar-refractivity contribution in [2.75, 3.05) is 0 Å². The van der Waals surface area contributed by atoms with Crippen molar-refractivity contribution in [3.8, 4) is 33.8 Å². The molecule has 0 aliphatic heterocycles. The number of ether oxygens (including phenoxy) is 2. The number of azo groups is 2. The molecule has 302 valence electrons. The van der Waals surface area contributed by atoms with Crippen LogP contribution in [0.2, 0.25) is 20.1 Å². The van der Waals surface area contributed by atoms with Crippen LogP contribution < -0.4 is 9.47 Å². The highest BCUT2D eigenvalue weighted by Gasteiger charge is 2.15. The van der Waals surface area contributed by atoms with Crippen LogP contribution in [0.25, 0.3) is 43.8 Å². The minimum atomic E-state index is 0.405. The van der Waals surface area contributed by atoms with E-state index in [1.165, 1.54) is 0 Å². The van der Waals surface area contributed by atoms with Gasteiger partial charge >= 0.3 is 0 Å². The molecule has 0 atom stereocenters. The van der Waals surface area contributed by atoms with Gasteiger partial charge in [-0.25, -0.2) is 0 Å². The molecule has 6 nitrogen and oxygen atoms in total. The molecule has 0 aliphatic rings. The highest BCUT2D eigenvalue weighted by atomic mass is 35.5. The molecule has 0 saturated heterocycles. The lowest BCUT2D eigenvalue weighted by Gasteiger charge is -2.18. The SMILES string of the molecule is Clc1ccc(N=Nc2ccc(-c3ccc(OCc4c5ccccc5c(COc5ccc(-c6ccc(N=Nc7ccc(Cl)c(Cl)c7)cc6)cc5)c5ccccc45)cc3)cc2)cc1Cl. The first-order valence-corrected chi connectivity index (χ1v) is 21.2. The van der Waals surface area contributed by atoms with Gasteiger partial charge in [-0.3, -0.25) is 0 Å². The third kappa shape index (κ3) is 9.35. The van der Waals surface area contributed by atoms with Gasteiger partial charge in [0.15, 0.2) is 0 Å². The van der Waals surface area contributed by atoms with E-state index in [0.29, 0.717) is 44.7 Å². The molecule has 9 rings (SSSR count). The summed E-state index contributed by atoms with van der Waals surface area (Å²) >= 11 is 24.3. The fraction of sp³-hybridized carbons (Fsp3) is 0.0385. The molecule has 0 N–H and O–H groups in total. The van der Waals surface area contributed by atoms with E-state index in [1.807, 2.05) is 72.8 Å². The maximum absolute atomic E-state index is 6.47. The van der Waals surface area contributed by atoms with Crippen molar-refractivity contribution in [1.29, 1.82) is 0 Å². The van der Waals surface area contributed by atoms with E-state index in [2.05, 4.69) is 93.3 Å². The van der Waals surface area contributed by atoms with Crippen molar-refractivity contribution in [1.82, 2.24) is 0 Å². The van der Waals surface area contributed by atoms with Gasteiger partial charge in [0, 0.05) is 11.1 Å². The Bertz CT molecular complexity index is 2830. The molecular formula is C52H34Cl4N4O2. The number of rotatable bonds is 12. The van der Waals surface area contributed by atoms with E-state index in [0.717, 1.165) is 77.8 Å². The number of benzene rings is 9. The summed E-state index contributed by atoms with van der Waals surface area (Å²) in [6.45, 7) is 0.811. The molecule has 10 heteroatoms. The second-order valence-corrected chi connectivity index (χ2v) is 16.0. The van der Waals surface area contributed by atoms with Crippen LogP contribution in [0.4, 0.5) is 22.7 Å². The van der Waals surface area contributed by atoms with Crippen molar-refractivity contribution in [2.24, 2.45) is 20.5 Å². The van der Waals surface area contributed by atoms with Crippen LogP contribution in [-0.4, -0.2) is 0 Å². The second-order valence-electron chi connectivity index (χ2n) is 14.4. The summed E-state index contributed by atoms with van der Waals surface area (Å²) in [6.07, 6.45) is 0. The quantitative estimate of drug-likeness (QED) is 0.0906. The average Bonchev–Trinajstić information content (AvgIpc) is 3.31. The number of hydrogen-bond donors (Lipinski definition) is 0. The zero-order valence-electron chi connectivity index (χ0n) is 32.9. The van der Waals surface area contributed by atoms with Crippen LogP contribution in [0.3, 0.4) is 0 Å². The Morgan fingerprint density at radius 1 is 0.306 bits per heavy atom. The van der Waals surface area contributed by atoms with E-state index < -0.39 is 0 Å². The molecule has 9 aromatic carbocycles. The topological polar surface area (TPSA) is 67.9 Å². The van der Waals surface area contributed by atoms with Crippen LogP contribution in [0.1, 0.15) is 11.1 Å². The van der Waals surface area contributed by atoms with E-state index in [4.69, 9.17) is 55.9 Å². The first-order valence-electron chi connectivity index (χ1n) is 19.7. The fourth-order valence-electron chi connectivity index (χ4n) is 7.18. The lowest BCUT2D eigenvalue weighted by atomic mass is 9.92. The van der Waals surface area contributed by atoms with Crippen LogP contribution in [-0.2, 0) is 13.2 Å². The minimum absolute atomic E-state index is 0.405. The van der Waals surface area contributed by atoms with Crippen LogP contribution >= 0.6 is 46.4 Å². The maximum Gasteiger partial charge on any atom is 0.119 e. The Morgan fingerprint density at radius 2 is 0.597 bits per heavy atom. The lowest BCUT2D eigenvalue weighted by Crippen LogP contribution is -2.03. The van der Waals surface area contributed by atoms with E-state index in [9.17, 15) is 0 Å². The number of hydrogen-bond acceptors (Lipinski definition) is 6. The highest BCUT2D eigenvalue weighted by Crippen LogP contribution is 2.36. The molecule has 0 aliphatic carbocycles. The van der Waals surface area contributed by atoms with Crippen LogP contribution in [0, 0.1) is 0 Å². The van der Waals surface area contributed by atoms with Crippen molar-refractivity contribution in [3.63, 3.8) is 0 Å². The molecule has 0 fully saturated rings. The fourth-order valence-corrected chi connectivity index (χ4v) is 7.77. The smallest absolute Gasteiger partial charge is 0.119 e. The monoisotopic (exact) mass is 886 g/mol. The Labute approximate surface area is 378 Å². The predicted octanol–water partition coefficient (Wildman–Crippen LogP) is 17.9. The second kappa shape index (κ2) is 18.6. The van der Waals surface area contributed by atoms with Gasteiger partial charge in [0.25, 0.3) is 0 Å². The Kier molecular flexibility index (Phi) is 12.3. The van der Waals surface area contributed by atoms with E-state index in [1.54, 1.807) is 36.4 Å². The van der Waals surface area contributed by atoms with Gasteiger partial charge in [-0.05, 0) is 129 Å². The first-order chi connectivity index (χ1) is 30.3. The molecular weight excluding hydrogens is 854 g/mol. The minimum Gasteiger partial charge on any atom is -0.489 e. The predicted molar refractivity (Wildman–Crippen MR) is 255 cm³/mol. The molecule has 0 heterocycles. The van der Waals surface area contributed by atoms with Gasteiger partial charge in [-0.2, -0.15) is 20.5 Å². The standard InChI is InChI=1S/C52H34Cl4N4O2/c53-49-27-21-39(29-51(49)55)59-57-37-17-9-33(10-18-37)35-13-23-41(24-14-35)61-31-47-43-5-1-2-6-44(43)48(46-8-4-3-7-45(46)47)32-62-42-25-15-36(16-26-42)34-11-19-38(20-12-34)58-60-40-22-28-50(54)52(56)30-40/h1-30H,31-32H2. The van der Waals surface area contributed by atoms with Gasteiger partial charge in [0.05, 0.1) is 42.8 Å². The summed E-state index contributed by atoms with van der Waals surface area (Å²) < 4.78 is 12.9. The van der Waals surface area contributed by atoms with Gasteiger partial charge < -0.3 is 9.47 Å². The van der Waals surface area contributed by atoms with E-state index >= 15 is 0 Å². The van der Waals surface area contributed by atoms with Crippen molar-refractivity contribution < 1.29 is 9.47 Å². The van der Waals surface area contributed by atoms with E-state index in [-0.39, 0.29) is 0 Å². The molecule has 0 unspecified atom stereocenters. The Hall–Kier alpha value is -6.54. The highest BCUT2D eigenvalue weighted by molar-refractivity contribution is 6.42. The molecule has 0 aromatic heterocycles. The molecule has 0 spiro atoms. The lowest BCUT2D eigenvalue weighted by molar-refractivity contribution is 0.307. The van der Waals surface area contributed by atoms with Crippen molar-refractivity contribution in [2.45, 2.75) is 13.2 Å². The number of nitrogens with zero attached hydrogens (tertiary/aromatic N) is 4. The molecule has 0 saturated carbocycles. The molecule has 62 heavy (non-hydrogen) atoms. The number of halogens is 4. The number of fused-ring (bicyclic) bond motifs is 2. The normalized spacial score (nSPS) is 11.5. The average molecular weight is 889 g/mol. The van der Waals surface area contributed by atoms with Crippen molar-refractivity contribution in [3.05, 3.63) is 213 Å². The third-order valence-electron chi connectivity index (χ3n) is 10.4. The van der Waals surface area contributed by atoms with Gasteiger partial charge in [0.2, 0.25) is 0 Å². The summed E-state index contributed by atoms with van der Waals surface area (Å²) in [5.41, 5.74) is 9.22. The summed E-state index contributed by atoms with van der Waals surface area (Å²) in [5.74, 6) is 1.57. The summed E-state index contributed by atoms with van der Waals surface area (Å²) in [5, 5.41) is 23.6. The van der Waals surface area contributed by atoms with Crippen LogP contribution in [0.5, 0.6) is 11.5 Å². The summed E-state index contributed by atoms with van der Waals surface area (Å²) in [6, 6.07) is 59.4. The molecule has 0 radical (unpaired) electrons. The molecule has 0 amide bonds. The zero-order chi connectivity index (χ0) is 42.4.